The Balaban J connectivity index is 2.05. The fourth-order valence-corrected chi connectivity index (χ4v) is 1.85. The molecule has 0 bridgehead atoms. The van der Waals surface area contributed by atoms with Crippen molar-refractivity contribution < 1.29 is 9.13 Å². The van der Waals surface area contributed by atoms with Crippen molar-refractivity contribution in [2.45, 2.75) is 13.5 Å². The van der Waals surface area contributed by atoms with E-state index < -0.39 is 0 Å². The van der Waals surface area contributed by atoms with E-state index >= 15 is 0 Å². The average molecular weight is 270 g/mol. The van der Waals surface area contributed by atoms with E-state index in [0.717, 1.165) is 11.4 Å². The Morgan fingerprint density at radius 3 is 2.60 bits per heavy atom. The zero-order chi connectivity index (χ0) is 14.4. The average Bonchev–Trinajstić information content (AvgIpc) is 2.47. The van der Waals surface area contributed by atoms with Gasteiger partial charge in [0.15, 0.2) is 0 Å². The first-order valence-corrected chi connectivity index (χ1v) is 6.38. The fraction of sp³-hybridized carbons (Fsp3) is 0.188. The van der Waals surface area contributed by atoms with Crippen LogP contribution in [0.1, 0.15) is 18.1 Å². The predicted molar refractivity (Wildman–Crippen MR) is 76.1 cm³/mol. The summed E-state index contributed by atoms with van der Waals surface area (Å²) in [6.45, 7) is 2.95. The second-order valence-electron chi connectivity index (χ2n) is 4.22. The third-order valence-electron chi connectivity index (χ3n) is 2.84. The number of benzene rings is 2. The maximum Gasteiger partial charge on any atom is 0.123 e. The van der Waals surface area contributed by atoms with Crippen molar-refractivity contribution in [3.05, 3.63) is 59.4 Å². The smallest absolute Gasteiger partial charge is 0.123 e. The molecule has 2 aromatic carbocycles. The molecule has 0 unspecified atom stereocenters. The monoisotopic (exact) mass is 270 g/mol. The van der Waals surface area contributed by atoms with E-state index in [2.05, 4.69) is 11.4 Å². The minimum Gasteiger partial charge on any atom is -0.494 e. The summed E-state index contributed by atoms with van der Waals surface area (Å²) in [5.41, 5.74) is 2.01. The number of nitrogens with one attached hydrogen (secondary N) is 1. The van der Waals surface area contributed by atoms with Crippen LogP contribution in [0.2, 0.25) is 0 Å². The molecule has 0 aliphatic rings. The molecule has 1 N–H and O–H groups in total. The topological polar surface area (TPSA) is 45.0 Å². The molecule has 0 atom stereocenters. The van der Waals surface area contributed by atoms with Crippen LogP contribution in [-0.2, 0) is 6.54 Å². The Hall–Kier alpha value is -2.54. The van der Waals surface area contributed by atoms with Gasteiger partial charge in [0.2, 0.25) is 0 Å². The molecule has 0 saturated heterocycles. The first-order valence-electron chi connectivity index (χ1n) is 6.38. The van der Waals surface area contributed by atoms with Crippen LogP contribution < -0.4 is 10.1 Å². The van der Waals surface area contributed by atoms with Crippen LogP contribution in [0.3, 0.4) is 0 Å². The molecule has 2 aromatic rings. The van der Waals surface area contributed by atoms with Gasteiger partial charge in [-0.2, -0.15) is 5.26 Å². The number of nitrogens with zero attached hydrogens (tertiary/aromatic N) is 1. The standard InChI is InChI=1S/C16H15FN2O/c1-2-20-16-7-5-15(6-8-16)19-11-13-9-14(17)4-3-12(13)10-18/h3-9,19H,2,11H2,1H3. The van der Waals surface area contributed by atoms with Crippen LogP contribution in [0, 0.1) is 17.1 Å². The summed E-state index contributed by atoms with van der Waals surface area (Å²) < 4.78 is 18.5. The first-order chi connectivity index (χ1) is 9.72. The Morgan fingerprint density at radius 2 is 1.95 bits per heavy atom. The van der Waals surface area contributed by atoms with Crippen LogP contribution in [0.15, 0.2) is 42.5 Å². The quantitative estimate of drug-likeness (QED) is 0.900. The number of anilines is 1. The zero-order valence-corrected chi connectivity index (χ0v) is 11.2. The second kappa shape index (κ2) is 6.58. The lowest BCUT2D eigenvalue weighted by atomic mass is 10.1. The normalized spacial score (nSPS) is 9.85. The summed E-state index contributed by atoms with van der Waals surface area (Å²) in [5, 5.41) is 12.1. The summed E-state index contributed by atoms with van der Waals surface area (Å²) in [6, 6.07) is 13.7. The van der Waals surface area contributed by atoms with Crippen molar-refractivity contribution in [2.24, 2.45) is 0 Å². The van der Waals surface area contributed by atoms with E-state index in [9.17, 15) is 4.39 Å². The highest BCUT2D eigenvalue weighted by molar-refractivity contribution is 5.48. The first kappa shape index (κ1) is 13.9. The third-order valence-corrected chi connectivity index (χ3v) is 2.84. The molecule has 2 rings (SSSR count). The fourth-order valence-electron chi connectivity index (χ4n) is 1.85. The van der Waals surface area contributed by atoms with E-state index in [1.165, 1.54) is 18.2 Å². The van der Waals surface area contributed by atoms with E-state index in [1.807, 2.05) is 31.2 Å². The van der Waals surface area contributed by atoms with E-state index in [0.29, 0.717) is 24.3 Å². The molecule has 0 amide bonds. The number of hydrogen-bond donors (Lipinski definition) is 1. The molecule has 0 heterocycles. The van der Waals surface area contributed by atoms with Gasteiger partial charge in [0.05, 0.1) is 18.2 Å². The largest absolute Gasteiger partial charge is 0.494 e. The van der Waals surface area contributed by atoms with Gasteiger partial charge in [0.1, 0.15) is 11.6 Å². The highest BCUT2D eigenvalue weighted by Gasteiger charge is 2.04. The Kier molecular flexibility index (Phi) is 4.56. The van der Waals surface area contributed by atoms with Crippen molar-refractivity contribution in [2.75, 3.05) is 11.9 Å². The van der Waals surface area contributed by atoms with E-state index in [1.54, 1.807) is 0 Å². The molecule has 4 heteroatoms. The SMILES string of the molecule is CCOc1ccc(NCc2cc(F)ccc2C#N)cc1. The molecular formula is C16H15FN2O. The van der Waals surface area contributed by atoms with E-state index in [-0.39, 0.29) is 5.82 Å². The summed E-state index contributed by atoms with van der Waals surface area (Å²) in [7, 11) is 0. The van der Waals surface area contributed by atoms with Crippen LogP contribution in [0.4, 0.5) is 10.1 Å². The lowest BCUT2D eigenvalue weighted by molar-refractivity contribution is 0.340. The van der Waals surface area contributed by atoms with Crippen molar-refractivity contribution in [1.82, 2.24) is 0 Å². The van der Waals surface area contributed by atoms with Gasteiger partial charge in [-0.1, -0.05) is 0 Å². The van der Waals surface area contributed by atoms with Gasteiger partial charge in [-0.15, -0.1) is 0 Å². The van der Waals surface area contributed by atoms with Crippen LogP contribution in [-0.4, -0.2) is 6.61 Å². The van der Waals surface area contributed by atoms with Gasteiger partial charge in [-0.25, -0.2) is 4.39 Å². The van der Waals surface area contributed by atoms with Crippen molar-refractivity contribution in [1.29, 1.82) is 5.26 Å². The van der Waals surface area contributed by atoms with Crippen molar-refractivity contribution in [3.8, 4) is 11.8 Å². The molecule has 0 aliphatic heterocycles. The molecular weight excluding hydrogens is 255 g/mol. The lowest BCUT2D eigenvalue weighted by Crippen LogP contribution is -2.02. The van der Waals surface area contributed by atoms with Crippen molar-refractivity contribution in [3.63, 3.8) is 0 Å². The lowest BCUT2D eigenvalue weighted by Gasteiger charge is -2.09. The number of halogens is 1. The van der Waals surface area contributed by atoms with Crippen LogP contribution in [0.5, 0.6) is 5.75 Å². The number of ether oxygens (including phenoxy) is 1. The summed E-state index contributed by atoms with van der Waals surface area (Å²) >= 11 is 0. The molecule has 0 radical (unpaired) electrons. The summed E-state index contributed by atoms with van der Waals surface area (Å²) in [4.78, 5) is 0. The summed E-state index contributed by atoms with van der Waals surface area (Å²) in [6.07, 6.45) is 0. The van der Waals surface area contributed by atoms with Gasteiger partial charge in [-0.05, 0) is 55.0 Å². The molecule has 0 fully saturated rings. The van der Waals surface area contributed by atoms with Crippen LogP contribution in [0.25, 0.3) is 0 Å². The molecule has 20 heavy (non-hydrogen) atoms. The molecule has 0 saturated carbocycles. The van der Waals surface area contributed by atoms with Gasteiger partial charge < -0.3 is 10.1 Å². The maximum atomic E-state index is 13.2. The van der Waals surface area contributed by atoms with Gasteiger partial charge in [0, 0.05) is 12.2 Å². The van der Waals surface area contributed by atoms with E-state index in [4.69, 9.17) is 10.00 Å². The number of nitriles is 1. The molecule has 0 aromatic heterocycles. The zero-order valence-electron chi connectivity index (χ0n) is 11.2. The maximum absolute atomic E-state index is 13.2. The van der Waals surface area contributed by atoms with Gasteiger partial charge in [0.25, 0.3) is 0 Å². The molecule has 102 valence electrons. The molecule has 3 nitrogen and oxygen atoms in total. The number of rotatable bonds is 5. The number of hydrogen-bond acceptors (Lipinski definition) is 3. The molecule has 0 spiro atoms. The Labute approximate surface area is 117 Å². The Morgan fingerprint density at radius 1 is 1.20 bits per heavy atom. The molecule has 0 aliphatic carbocycles. The minimum atomic E-state index is -0.340. The minimum absolute atomic E-state index is 0.340. The van der Waals surface area contributed by atoms with Gasteiger partial charge >= 0.3 is 0 Å². The highest BCUT2D eigenvalue weighted by atomic mass is 19.1. The second-order valence-corrected chi connectivity index (χ2v) is 4.22. The summed E-state index contributed by atoms with van der Waals surface area (Å²) in [5.74, 6) is 0.467. The van der Waals surface area contributed by atoms with Gasteiger partial charge in [-0.3, -0.25) is 0 Å². The highest BCUT2D eigenvalue weighted by Crippen LogP contribution is 2.17. The Bertz CT molecular complexity index is 617. The van der Waals surface area contributed by atoms with Crippen LogP contribution >= 0.6 is 0 Å². The predicted octanol–water partition coefficient (Wildman–Crippen LogP) is 3.71. The van der Waals surface area contributed by atoms with Crippen molar-refractivity contribution >= 4 is 5.69 Å². The third kappa shape index (κ3) is 3.48.